The van der Waals surface area contributed by atoms with Gasteiger partial charge in [-0.3, -0.25) is 4.79 Å². The highest BCUT2D eigenvalue weighted by atomic mass is 16.4. The van der Waals surface area contributed by atoms with Gasteiger partial charge in [-0.25, -0.2) is 0 Å². The van der Waals surface area contributed by atoms with Crippen molar-refractivity contribution in [3.8, 4) is 28.1 Å². The fraction of sp³-hybridized carbons (Fsp3) is 0.192. The molecule has 1 aromatic heterocycles. The molecule has 0 saturated heterocycles. The summed E-state index contributed by atoms with van der Waals surface area (Å²) in [6.45, 7) is 0.367. The number of phenols is 1. The van der Waals surface area contributed by atoms with Crippen LogP contribution in [0.1, 0.15) is 30.7 Å². The molecule has 0 aliphatic heterocycles. The zero-order chi connectivity index (χ0) is 20.7. The number of aromatic nitrogens is 1. The van der Waals surface area contributed by atoms with Crippen molar-refractivity contribution in [2.75, 3.05) is 0 Å². The fourth-order valence-electron chi connectivity index (χ4n) is 4.34. The Bertz CT molecular complexity index is 1240. The lowest BCUT2D eigenvalue weighted by molar-refractivity contribution is -0.137. The van der Waals surface area contributed by atoms with Gasteiger partial charge in [-0.1, -0.05) is 54.6 Å². The molecule has 3 aromatic carbocycles. The molecule has 0 amide bonds. The number of aliphatic carboxylic acids is 1. The van der Waals surface area contributed by atoms with Gasteiger partial charge in [-0.2, -0.15) is 0 Å². The lowest BCUT2D eigenvalue weighted by atomic mass is 9.96. The molecule has 1 saturated carbocycles. The molecule has 1 fully saturated rings. The third-order valence-corrected chi connectivity index (χ3v) is 5.91. The second kappa shape index (κ2) is 7.38. The van der Waals surface area contributed by atoms with E-state index in [1.54, 1.807) is 6.07 Å². The topological polar surface area (TPSA) is 62.5 Å². The number of aryl methyl sites for hydroxylation is 1. The van der Waals surface area contributed by atoms with Gasteiger partial charge in [0.05, 0.1) is 12.1 Å². The normalized spacial score (nSPS) is 13.6. The van der Waals surface area contributed by atoms with E-state index >= 15 is 0 Å². The van der Waals surface area contributed by atoms with Gasteiger partial charge in [-0.05, 0) is 48.1 Å². The predicted molar refractivity (Wildman–Crippen MR) is 119 cm³/mol. The summed E-state index contributed by atoms with van der Waals surface area (Å²) in [7, 11) is 0. The molecule has 4 nitrogen and oxygen atoms in total. The number of phenolic OH excluding ortho intramolecular Hbond substituents is 1. The van der Waals surface area contributed by atoms with Crippen LogP contribution in [0, 0.1) is 0 Å². The van der Waals surface area contributed by atoms with E-state index in [9.17, 15) is 15.0 Å². The number of carboxylic acid groups (broad SMARTS) is 1. The van der Waals surface area contributed by atoms with E-state index in [-0.39, 0.29) is 12.2 Å². The Balaban J connectivity index is 1.86. The number of nitrogens with zero attached hydrogens (tertiary/aromatic N) is 1. The Labute approximate surface area is 175 Å². The predicted octanol–water partition coefficient (Wildman–Crippen LogP) is 6.03. The lowest BCUT2D eigenvalue weighted by Gasteiger charge is -2.13. The first-order valence-corrected chi connectivity index (χ1v) is 10.3. The Morgan fingerprint density at radius 1 is 0.967 bits per heavy atom. The van der Waals surface area contributed by atoms with Crippen LogP contribution >= 0.6 is 0 Å². The van der Waals surface area contributed by atoms with Crippen LogP contribution in [0.25, 0.3) is 33.3 Å². The van der Waals surface area contributed by atoms with E-state index < -0.39 is 5.97 Å². The first kappa shape index (κ1) is 18.5. The van der Waals surface area contributed by atoms with Crippen molar-refractivity contribution in [3.63, 3.8) is 0 Å². The summed E-state index contributed by atoms with van der Waals surface area (Å²) >= 11 is 0. The molecule has 1 aliphatic rings. The van der Waals surface area contributed by atoms with Crippen LogP contribution in [-0.2, 0) is 11.3 Å². The number of benzene rings is 3. The molecule has 0 spiro atoms. The van der Waals surface area contributed by atoms with E-state index in [4.69, 9.17) is 0 Å². The number of rotatable bonds is 6. The Kier molecular flexibility index (Phi) is 4.55. The average molecular weight is 397 g/mol. The van der Waals surface area contributed by atoms with Crippen molar-refractivity contribution in [1.29, 1.82) is 0 Å². The maximum absolute atomic E-state index is 11.4. The average Bonchev–Trinajstić information content (AvgIpc) is 3.56. The van der Waals surface area contributed by atoms with Crippen molar-refractivity contribution in [2.45, 2.75) is 31.7 Å². The smallest absolute Gasteiger partial charge is 0.305 e. The summed E-state index contributed by atoms with van der Waals surface area (Å²) in [6, 6.07) is 23.9. The first-order chi connectivity index (χ1) is 14.6. The molecule has 1 aliphatic carbocycles. The third kappa shape index (κ3) is 3.24. The van der Waals surface area contributed by atoms with E-state index in [0.717, 1.165) is 33.3 Å². The highest BCUT2D eigenvalue weighted by Crippen LogP contribution is 2.47. The summed E-state index contributed by atoms with van der Waals surface area (Å²) in [5, 5.41) is 21.1. The minimum absolute atomic E-state index is 0.0359. The maximum Gasteiger partial charge on any atom is 0.305 e. The molecular formula is C26H23NO3. The summed E-state index contributed by atoms with van der Waals surface area (Å²) in [6.07, 6.45) is 2.46. The second-order valence-electron chi connectivity index (χ2n) is 7.95. The van der Waals surface area contributed by atoms with Crippen LogP contribution in [0.15, 0.2) is 72.8 Å². The van der Waals surface area contributed by atoms with Crippen LogP contribution in [-0.4, -0.2) is 20.7 Å². The monoisotopic (exact) mass is 397 g/mol. The van der Waals surface area contributed by atoms with Gasteiger partial charge in [0.15, 0.2) is 0 Å². The van der Waals surface area contributed by atoms with Gasteiger partial charge >= 0.3 is 5.97 Å². The number of carboxylic acids is 1. The van der Waals surface area contributed by atoms with Crippen LogP contribution in [0.4, 0.5) is 0 Å². The molecule has 4 heteroatoms. The van der Waals surface area contributed by atoms with Gasteiger partial charge in [0.2, 0.25) is 0 Å². The van der Waals surface area contributed by atoms with Crippen molar-refractivity contribution in [3.05, 3.63) is 78.4 Å². The summed E-state index contributed by atoms with van der Waals surface area (Å²) in [5.41, 5.74) is 5.99. The summed E-state index contributed by atoms with van der Waals surface area (Å²) < 4.78 is 2.09. The Hall–Kier alpha value is -3.53. The molecule has 30 heavy (non-hydrogen) atoms. The lowest BCUT2D eigenvalue weighted by Crippen LogP contribution is -2.06. The minimum atomic E-state index is -0.824. The van der Waals surface area contributed by atoms with E-state index in [1.165, 1.54) is 18.4 Å². The van der Waals surface area contributed by atoms with Crippen LogP contribution < -0.4 is 0 Å². The van der Waals surface area contributed by atoms with Crippen molar-refractivity contribution < 1.29 is 15.0 Å². The zero-order valence-electron chi connectivity index (χ0n) is 16.6. The molecule has 0 atom stereocenters. The second-order valence-corrected chi connectivity index (χ2v) is 7.95. The van der Waals surface area contributed by atoms with Crippen molar-refractivity contribution in [1.82, 2.24) is 4.57 Å². The minimum Gasteiger partial charge on any atom is -0.507 e. The molecular weight excluding hydrogens is 374 g/mol. The summed E-state index contributed by atoms with van der Waals surface area (Å²) in [4.78, 5) is 11.4. The van der Waals surface area contributed by atoms with Crippen molar-refractivity contribution >= 4 is 16.9 Å². The molecule has 0 radical (unpaired) electrons. The highest BCUT2D eigenvalue weighted by molar-refractivity contribution is 6.06. The largest absolute Gasteiger partial charge is 0.507 e. The van der Waals surface area contributed by atoms with E-state index in [0.29, 0.717) is 12.5 Å². The molecule has 2 N–H and O–H groups in total. The highest BCUT2D eigenvalue weighted by Gasteiger charge is 2.27. The SMILES string of the molecule is O=C(O)CCn1c(-c2ccccc2)c(-c2ccccc2O)c2cc(C3CC3)ccc21. The van der Waals surface area contributed by atoms with Gasteiger partial charge in [0, 0.05) is 28.6 Å². The number of aromatic hydroxyl groups is 1. The zero-order valence-corrected chi connectivity index (χ0v) is 16.6. The van der Waals surface area contributed by atoms with Crippen molar-refractivity contribution in [2.24, 2.45) is 0 Å². The number of carbonyl (C=O) groups is 1. The quantitative estimate of drug-likeness (QED) is 0.417. The van der Waals surface area contributed by atoms with Crippen LogP contribution in [0.3, 0.4) is 0 Å². The molecule has 0 bridgehead atoms. The first-order valence-electron chi connectivity index (χ1n) is 10.3. The van der Waals surface area contributed by atoms with Gasteiger partial charge in [-0.15, -0.1) is 0 Å². The number of para-hydroxylation sites is 1. The van der Waals surface area contributed by atoms with Gasteiger partial charge < -0.3 is 14.8 Å². The molecule has 150 valence electrons. The van der Waals surface area contributed by atoms with Gasteiger partial charge in [0.1, 0.15) is 5.75 Å². The molecule has 5 rings (SSSR count). The molecule has 1 heterocycles. The van der Waals surface area contributed by atoms with E-state index in [2.05, 4.69) is 22.8 Å². The van der Waals surface area contributed by atoms with Gasteiger partial charge in [0.25, 0.3) is 0 Å². The standard InChI is InChI=1S/C26H23NO3/c28-23-9-5-4-8-20(23)25-21-16-19(17-10-11-17)12-13-22(21)27(15-14-24(29)30)26(25)18-6-2-1-3-7-18/h1-9,12-13,16-17,28H,10-11,14-15H2,(H,29,30). The fourth-order valence-corrected chi connectivity index (χ4v) is 4.34. The molecule has 4 aromatic rings. The van der Waals surface area contributed by atoms with E-state index in [1.807, 2.05) is 48.5 Å². The molecule has 0 unspecified atom stereocenters. The Morgan fingerprint density at radius 3 is 2.40 bits per heavy atom. The van der Waals surface area contributed by atoms with Crippen LogP contribution in [0.5, 0.6) is 5.75 Å². The number of hydrogen-bond acceptors (Lipinski definition) is 2. The third-order valence-electron chi connectivity index (χ3n) is 5.91. The maximum atomic E-state index is 11.4. The summed E-state index contributed by atoms with van der Waals surface area (Å²) in [5.74, 6) is 0.00697. The number of hydrogen-bond donors (Lipinski definition) is 2. The Morgan fingerprint density at radius 2 is 1.70 bits per heavy atom. The van der Waals surface area contributed by atoms with Crippen LogP contribution in [0.2, 0.25) is 0 Å². The number of fused-ring (bicyclic) bond motifs is 1.